The lowest BCUT2D eigenvalue weighted by molar-refractivity contribution is -0.145. The Kier molecular flexibility index (Phi) is 4.82. The predicted octanol–water partition coefficient (Wildman–Crippen LogP) is 2.65. The van der Waals surface area contributed by atoms with Gasteiger partial charge in [0.2, 0.25) is 0 Å². The van der Waals surface area contributed by atoms with E-state index in [9.17, 15) is 13.2 Å². The highest BCUT2D eigenvalue weighted by Gasteiger charge is 2.45. The first-order valence-corrected chi connectivity index (χ1v) is 8.52. The van der Waals surface area contributed by atoms with E-state index in [-0.39, 0.29) is 22.8 Å². The normalized spacial score (nSPS) is 26.0. The summed E-state index contributed by atoms with van der Waals surface area (Å²) in [5.41, 5.74) is 0. The second-order valence-electron chi connectivity index (χ2n) is 4.93. The Labute approximate surface area is 132 Å². The van der Waals surface area contributed by atoms with Crippen LogP contribution in [0.2, 0.25) is 10.0 Å². The van der Waals surface area contributed by atoms with Crippen molar-refractivity contribution in [3.63, 3.8) is 0 Å². The van der Waals surface area contributed by atoms with Gasteiger partial charge < -0.3 is 9.84 Å². The molecule has 1 aliphatic rings. The molecule has 0 saturated heterocycles. The molecule has 0 aliphatic heterocycles. The molecule has 0 spiro atoms. The number of aliphatic carboxylic acids is 1. The number of hydrogen-bond donors (Lipinski definition) is 1. The van der Waals surface area contributed by atoms with Crippen LogP contribution in [0.15, 0.2) is 23.1 Å². The predicted molar refractivity (Wildman–Crippen MR) is 78.6 cm³/mol. The van der Waals surface area contributed by atoms with Crippen molar-refractivity contribution >= 4 is 39.0 Å². The number of halogens is 2. The number of benzene rings is 1. The van der Waals surface area contributed by atoms with E-state index in [4.69, 9.17) is 33.0 Å². The summed E-state index contributed by atoms with van der Waals surface area (Å²) in [5, 5.41) is 8.68. The molecule has 1 aromatic rings. The van der Waals surface area contributed by atoms with Crippen molar-refractivity contribution in [3.05, 3.63) is 28.2 Å². The molecule has 1 aliphatic carbocycles. The lowest BCUT2D eigenvalue weighted by Gasteiger charge is -2.13. The van der Waals surface area contributed by atoms with Gasteiger partial charge in [0.15, 0.2) is 9.84 Å². The van der Waals surface area contributed by atoms with Crippen molar-refractivity contribution in [1.29, 1.82) is 0 Å². The molecule has 0 amide bonds. The summed E-state index contributed by atoms with van der Waals surface area (Å²) in [6.45, 7) is 0. The zero-order valence-corrected chi connectivity index (χ0v) is 13.5. The highest BCUT2D eigenvalue weighted by Crippen LogP contribution is 2.38. The van der Waals surface area contributed by atoms with Crippen LogP contribution in [-0.2, 0) is 19.4 Å². The molecular formula is C13H14Cl2O5S. The summed E-state index contributed by atoms with van der Waals surface area (Å²) < 4.78 is 30.3. The van der Waals surface area contributed by atoms with Gasteiger partial charge in [-0.2, -0.15) is 0 Å². The molecule has 1 aromatic carbocycles. The van der Waals surface area contributed by atoms with Crippen molar-refractivity contribution in [3.8, 4) is 0 Å². The SMILES string of the molecule is CO[C@H]1C[C@@H](S(=O)(=O)c2ccc(Cl)cc2Cl)C[C@@H]1C(=O)O. The van der Waals surface area contributed by atoms with E-state index in [1.807, 2.05) is 0 Å². The van der Waals surface area contributed by atoms with Crippen LogP contribution >= 0.6 is 23.2 Å². The Balaban J connectivity index is 2.35. The molecular weight excluding hydrogens is 339 g/mol. The molecule has 5 nitrogen and oxygen atoms in total. The number of carboxylic acid groups (broad SMARTS) is 1. The maximum absolute atomic E-state index is 12.6. The number of rotatable bonds is 4. The maximum atomic E-state index is 12.6. The number of sulfone groups is 1. The summed E-state index contributed by atoms with van der Waals surface area (Å²) in [7, 11) is -2.35. The third-order valence-electron chi connectivity index (χ3n) is 3.72. The fourth-order valence-electron chi connectivity index (χ4n) is 2.61. The third-order valence-corrected chi connectivity index (χ3v) is 6.61. The molecule has 2 rings (SSSR count). The van der Waals surface area contributed by atoms with E-state index < -0.39 is 33.1 Å². The third kappa shape index (κ3) is 3.18. The van der Waals surface area contributed by atoms with Gasteiger partial charge in [-0.05, 0) is 31.0 Å². The quantitative estimate of drug-likeness (QED) is 0.900. The maximum Gasteiger partial charge on any atom is 0.309 e. The van der Waals surface area contributed by atoms with Gasteiger partial charge in [0.25, 0.3) is 0 Å². The Hall–Kier alpha value is -0.820. The second-order valence-corrected chi connectivity index (χ2v) is 7.97. The molecule has 116 valence electrons. The summed E-state index contributed by atoms with van der Waals surface area (Å²) in [4.78, 5) is 11.1. The minimum Gasteiger partial charge on any atom is -0.481 e. The molecule has 0 aromatic heterocycles. The smallest absolute Gasteiger partial charge is 0.309 e. The van der Waals surface area contributed by atoms with Crippen molar-refractivity contribution < 1.29 is 23.1 Å². The number of ether oxygens (including phenoxy) is 1. The van der Waals surface area contributed by atoms with Crippen LogP contribution in [0.1, 0.15) is 12.8 Å². The first-order valence-electron chi connectivity index (χ1n) is 6.22. The van der Waals surface area contributed by atoms with Crippen molar-refractivity contribution in [2.45, 2.75) is 29.1 Å². The van der Waals surface area contributed by atoms with Crippen molar-refractivity contribution in [2.75, 3.05) is 7.11 Å². The molecule has 21 heavy (non-hydrogen) atoms. The molecule has 0 unspecified atom stereocenters. The van der Waals surface area contributed by atoms with Gasteiger partial charge in [-0.25, -0.2) is 8.42 Å². The highest BCUT2D eigenvalue weighted by molar-refractivity contribution is 7.92. The number of carboxylic acids is 1. The average Bonchev–Trinajstić information content (AvgIpc) is 2.83. The van der Waals surface area contributed by atoms with Gasteiger partial charge >= 0.3 is 5.97 Å². The van der Waals surface area contributed by atoms with Crippen LogP contribution in [0.25, 0.3) is 0 Å². The summed E-state index contributed by atoms with van der Waals surface area (Å²) in [5.74, 6) is -1.89. The van der Waals surface area contributed by atoms with Gasteiger partial charge in [-0.15, -0.1) is 0 Å². The Morgan fingerprint density at radius 3 is 2.48 bits per heavy atom. The Morgan fingerprint density at radius 1 is 1.33 bits per heavy atom. The molecule has 1 saturated carbocycles. The molecule has 0 heterocycles. The Bertz CT molecular complexity index is 659. The van der Waals surface area contributed by atoms with Gasteiger partial charge in [0.05, 0.1) is 27.2 Å². The minimum atomic E-state index is -3.73. The van der Waals surface area contributed by atoms with Crippen molar-refractivity contribution in [2.24, 2.45) is 5.92 Å². The number of methoxy groups -OCH3 is 1. The lowest BCUT2D eigenvalue weighted by atomic mass is 10.1. The van der Waals surface area contributed by atoms with E-state index >= 15 is 0 Å². The van der Waals surface area contributed by atoms with Gasteiger partial charge in [-0.1, -0.05) is 23.2 Å². The average molecular weight is 353 g/mol. The van der Waals surface area contributed by atoms with Gasteiger partial charge in [-0.3, -0.25) is 4.79 Å². The van der Waals surface area contributed by atoms with Crippen LogP contribution in [0, 0.1) is 5.92 Å². The summed E-state index contributed by atoms with van der Waals surface area (Å²) >= 11 is 11.7. The van der Waals surface area contributed by atoms with E-state index in [1.165, 1.54) is 25.3 Å². The van der Waals surface area contributed by atoms with E-state index in [0.717, 1.165) is 0 Å². The van der Waals surface area contributed by atoms with Crippen LogP contribution in [0.4, 0.5) is 0 Å². The van der Waals surface area contributed by atoms with Crippen LogP contribution < -0.4 is 0 Å². The topological polar surface area (TPSA) is 80.7 Å². The lowest BCUT2D eigenvalue weighted by Crippen LogP contribution is -2.24. The molecule has 1 N–H and O–H groups in total. The minimum absolute atomic E-state index is 0.00906. The molecule has 0 radical (unpaired) electrons. The zero-order chi connectivity index (χ0) is 15.8. The Morgan fingerprint density at radius 2 is 2.00 bits per heavy atom. The molecule has 3 atom stereocenters. The van der Waals surface area contributed by atoms with Crippen LogP contribution in [0.3, 0.4) is 0 Å². The first kappa shape index (κ1) is 16.5. The van der Waals surface area contributed by atoms with E-state index in [0.29, 0.717) is 5.02 Å². The fourth-order valence-corrected chi connectivity index (χ4v) is 5.20. The van der Waals surface area contributed by atoms with Crippen LogP contribution in [0.5, 0.6) is 0 Å². The zero-order valence-electron chi connectivity index (χ0n) is 11.1. The first-order chi connectivity index (χ1) is 9.77. The molecule has 1 fully saturated rings. The standard InChI is InChI=1S/C13H14Cl2O5S/c1-20-11-6-8(5-9(11)13(16)17)21(18,19)12-3-2-7(14)4-10(12)15/h2-4,8-9,11H,5-6H2,1H3,(H,16,17)/t8-,9-,11-/m0/s1. The molecule has 8 heteroatoms. The second kappa shape index (κ2) is 6.12. The van der Waals surface area contributed by atoms with E-state index in [1.54, 1.807) is 0 Å². The summed E-state index contributed by atoms with van der Waals surface area (Å²) in [6.07, 6.45) is -0.475. The summed E-state index contributed by atoms with van der Waals surface area (Å²) in [6, 6.07) is 4.14. The van der Waals surface area contributed by atoms with Gasteiger partial charge in [0, 0.05) is 12.1 Å². The number of carbonyl (C=O) groups is 1. The number of hydrogen-bond acceptors (Lipinski definition) is 4. The fraction of sp³-hybridized carbons (Fsp3) is 0.462. The van der Waals surface area contributed by atoms with Crippen LogP contribution in [-0.4, -0.2) is 38.0 Å². The van der Waals surface area contributed by atoms with Crippen molar-refractivity contribution in [1.82, 2.24) is 0 Å². The highest BCUT2D eigenvalue weighted by atomic mass is 35.5. The largest absolute Gasteiger partial charge is 0.481 e. The van der Waals surface area contributed by atoms with Gasteiger partial charge in [0.1, 0.15) is 0 Å². The monoisotopic (exact) mass is 352 g/mol. The van der Waals surface area contributed by atoms with E-state index in [2.05, 4.69) is 0 Å². The molecule has 0 bridgehead atoms.